The van der Waals surface area contributed by atoms with Crippen molar-refractivity contribution >= 4 is 23.7 Å². The van der Waals surface area contributed by atoms with E-state index in [1.807, 2.05) is 6.07 Å². The predicted molar refractivity (Wildman–Crippen MR) is 49.0 cm³/mol. The Kier molecular flexibility index (Phi) is 3.08. The van der Waals surface area contributed by atoms with Crippen LogP contribution in [0.15, 0.2) is 18.2 Å². The van der Waals surface area contributed by atoms with Crippen LogP contribution in [0.5, 0.6) is 0 Å². The molecule has 3 nitrogen and oxygen atoms in total. The van der Waals surface area contributed by atoms with Crippen LogP contribution in [0.4, 0.5) is 5.69 Å². The average molecular weight is 185 g/mol. The summed E-state index contributed by atoms with van der Waals surface area (Å²) < 4.78 is 0. The zero-order valence-electron chi connectivity index (χ0n) is 6.38. The first-order valence-electron chi connectivity index (χ1n) is 3.46. The van der Waals surface area contributed by atoms with Crippen molar-refractivity contribution in [2.24, 2.45) is 5.73 Å². The molecule has 0 unspecified atom stereocenters. The number of amides is 1. The van der Waals surface area contributed by atoms with Gasteiger partial charge in [0, 0.05) is 6.54 Å². The molecule has 64 valence electrons. The van der Waals surface area contributed by atoms with E-state index in [1.165, 1.54) is 0 Å². The van der Waals surface area contributed by atoms with E-state index in [9.17, 15) is 4.79 Å². The summed E-state index contributed by atoms with van der Waals surface area (Å²) in [6.07, 6.45) is 0.585. The van der Waals surface area contributed by atoms with Gasteiger partial charge in [0.15, 0.2) is 0 Å². The van der Waals surface area contributed by atoms with E-state index in [2.05, 4.69) is 5.32 Å². The van der Waals surface area contributed by atoms with Gasteiger partial charge in [-0.3, -0.25) is 4.79 Å². The Hall–Kier alpha value is -1.06. The molecule has 0 aliphatic carbocycles. The van der Waals surface area contributed by atoms with Gasteiger partial charge in [-0.1, -0.05) is 17.7 Å². The second-order valence-corrected chi connectivity index (χ2v) is 2.69. The lowest BCUT2D eigenvalue weighted by Crippen LogP contribution is -1.99. The first-order valence-corrected chi connectivity index (χ1v) is 3.84. The van der Waals surface area contributed by atoms with Crippen molar-refractivity contribution in [1.82, 2.24) is 0 Å². The topological polar surface area (TPSA) is 55.1 Å². The molecule has 0 bridgehead atoms. The maximum absolute atomic E-state index is 10.1. The monoisotopic (exact) mass is 184 g/mol. The number of nitrogens with two attached hydrogens (primary N) is 1. The summed E-state index contributed by atoms with van der Waals surface area (Å²) in [5, 5.41) is 3.00. The van der Waals surface area contributed by atoms with E-state index in [4.69, 9.17) is 17.3 Å². The summed E-state index contributed by atoms with van der Waals surface area (Å²) >= 11 is 5.77. The fraction of sp³-hybridized carbons (Fsp3) is 0.125. The number of rotatable bonds is 3. The number of anilines is 1. The Bertz CT molecular complexity index is 288. The molecule has 0 fully saturated rings. The van der Waals surface area contributed by atoms with Crippen LogP contribution in [0, 0.1) is 0 Å². The van der Waals surface area contributed by atoms with Gasteiger partial charge in [-0.25, -0.2) is 0 Å². The van der Waals surface area contributed by atoms with Gasteiger partial charge >= 0.3 is 0 Å². The van der Waals surface area contributed by atoms with Gasteiger partial charge < -0.3 is 11.1 Å². The van der Waals surface area contributed by atoms with Crippen molar-refractivity contribution in [2.75, 3.05) is 5.32 Å². The number of hydrogen-bond acceptors (Lipinski definition) is 2. The summed E-state index contributed by atoms with van der Waals surface area (Å²) in [6, 6.07) is 5.27. The third-order valence-electron chi connectivity index (χ3n) is 1.48. The molecule has 0 aliphatic heterocycles. The van der Waals surface area contributed by atoms with Crippen LogP contribution in [0.3, 0.4) is 0 Å². The van der Waals surface area contributed by atoms with Gasteiger partial charge in [-0.05, 0) is 17.7 Å². The summed E-state index contributed by atoms with van der Waals surface area (Å²) in [6.45, 7) is 0.435. The molecular weight excluding hydrogens is 176 g/mol. The first-order chi connectivity index (χ1) is 5.77. The molecule has 0 spiro atoms. The van der Waals surface area contributed by atoms with Crippen molar-refractivity contribution < 1.29 is 4.79 Å². The van der Waals surface area contributed by atoms with Crippen molar-refractivity contribution in [1.29, 1.82) is 0 Å². The Labute approximate surface area is 75.5 Å². The van der Waals surface area contributed by atoms with Crippen LogP contribution in [0.25, 0.3) is 0 Å². The Morgan fingerprint density at radius 3 is 2.92 bits per heavy atom. The molecule has 12 heavy (non-hydrogen) atoms. The minimum Gasteiger partial charge on any atom is -0.327 e. The maximum Gasteiger partial charge on any atom is 0.211 e. The lowest BCUT2D eigenvalue weighted by Gasteiger charge is -2.03. The van der Waals surface area contributed by atoms with Crippen LogP contribution >= 0.6 is 11.6 Å². The molecule has 1 rings (SSSR count). The number of carbonyl (C=O) groups excluding carboxylic acids is 1. The van der Waals surface area contributed by atoms with E-state index >= 15 is 0 Å². The number of hydrogen-bond donors (Lipinski definition) is 2. The second kappa shape index (κ2) is 4.09. The normalized spacial score (nSPS) is 9.50. The molecule has 0 saturated carbocycles. The second-order valence-electron chi connectivity index (χ2n) is 2.28. The molecule has 0 aliphatic rings. The van der Waals surface area contributed by atoms with Crippen LogP contribution in [0.1, 0.15) is 5.56 Å². The Balaban J connectivity index is 2.99. The van der Waals surface area contributed by atoms with E-state index in [0.717, 1.165) is 5.56 Å². The standard InChI is InChI=1S/C8H9ClN2O/c9-7-2-1-6(4-10)3-8(7)11-5-12/h1-3,5H,4,10H2,(H,11,12). The van der Waals surface area contributed by atoms with Crippen molar-refractivity contribution in [3.63, 3.8) is 0 Å². The third kappa shape index (κ3) is 1.96. The molecule has 0 heterocycles. The van der Waals surface area contributed by atoms with Gasteiger partial charge in [0.1, 0.15) is 0 Å². The van der Waals surface area contributed by atoms with Gasteiger partial charge in [0.25, 0.3) is 0 Å². The van der Waals surface area contributed by atoms with Crippen molar-refractivity contribution in [3.05, 3.63) is 28.8 Å². The first kappa shape index (κ1) is 9.03. The van der Waals surface area contributed by atoms with Crippen LogP contribution in [-0.2, 0) is 11.3 Å². The zero-order chi connectivity index (χ0) is 8.97. The third-order valence-corrected chi connectivity index (χ3v) is 1.81. The van der Waals surface area contributed by atoms with Gasteiger partial charge in [0.05, 0.1) is 10.7 Å². The van der Waals surface area contributed by atoms with Gasteiger partial charge in [-0.2, -0.15) is 0 Å². The Morgan fingerprint density at radius 2 is 2.33 bits per heavy atom. The molecule has 3 N–H and O–H groups in total. The molecule has 0 radical (unpaired) electrons. The Morgan fingerprint density at radius 1 is 1.58 bits per heavy atom. The smallest absolute Gasteiger partial charge is 0.211 e. The van der Waals surface area contributed by atoms with Crippen molar-refractivity contribution in [2.45, 2.75) is 6.54 Å². The molecule has 0 aromatic heterocycles. The van der Waals surface area contributed by atoms with Gasteiger partial charge in [0.2, 0.25) is 6.41 Å². The lowest BCUT2D eigenvalue weighted by atomic mass is 10.2. The summed E-state index contributed by atoms with van der Waals surface area (Å²) in [5.74, 6) is 0. The molecule has 0 atom stereocenters. The van der Waals surface area contributed by atoms with Crippen molar-refractivity contribution in [3.8, 4) is 0 Å². The zero-order valence-corrected chi connectivity index (χ0v) is 7.14. The maximum atomic E-state index is 10.1. The predicted octanol–water partition coefficient (Wildman–Crippen LogP) is 1.37. The number of nitrogens with one attached hydrogen (secondary N) is 1. The number of halogens is 1. The fourth-order valence-electron chi connectivity index (χ4n) is 0.873. The molecular formula is C8H9ClN2O. The van der Waals surface area contributed by atoms with Crippen LogP contribution in [-0.4, -0.2) is 6.41 Å². The average Bonchev–Trinajstić information content (AvgIpc) is 2.09. The largest absolute Gasteiger partial charge is 0.327 e. The van der Waals surface area contributed by atoms with E-state index in [-0.39, 0.29) is 0 Å². The summed E-state index contributed by atoms with van der Waals surface area (Å²) in [7, 11) is 0. The highest BCUT2D eigenvalue weighted by molar-refractivity contribution is 6.33. The minimum atomic E-state index is 0.435. The molecule has 4 heteroatoms. The fourth-order valence-corrected chi connectivity index (χ4v) is 1.05. The quantitative estimate of drug-likeness (QED) is 0.698. The number of benzene rings is 1. The van der Waals surface area contributed by atoms with Gasteiger partial charge in [-0.15, -0.1) is 0 Å². The highest BCUT2D eigenvalue weighted by Crippen LogP contribution is 2.21. The summed E-state index contributed by atoms with van der Waals surface area (Å²) in [4.78, 5) is 10.1. The van der Waals surface area contributed by atoms with Crippen LogP contribution in [0.2, 0.25) is 5.02 Å². The molecule has 1 amide bonds. The number of carbonyl (C=O) groups is 1. The SMILES string of the molecule is NCc1ccc(Cl)c(NC=O)c1. The molecule has 1 aromatic rings. The highest BCUT2D eigenvalue weighted by Gasteiger charge is 1.99. The molecule has 1 aromatic carbocycles. The van der Waals surface area contributed by atoms with E-state index < -0.39 is 0 Å². The lowest BCUT2D eigenvalue weighted by molar-refractivity contribution is -0.105. The molecule has 0 saturated heterocycles. The van der Waals surface area contributed by atoms with E-state index in [1.54, 1.807) is 12.1 Å². The minimum absolute atomic E-state index is 0.435. The van der Waals surface area contributed by atoms with E-state index in [0.29, 0.717) is 23.7 Å². The van der Waals surface area contributed by atoms with Crippen LogP contribution < -0.4 is 11.1 Å². The summed E-state index contributed by atoms with van der Waals surface area (Å²) in [5.41, 5.74) is 6.93. The highest BCUT2D eigenvalue weighted by atomic mass is 35.5.